The maximum atomic E-state index is 11.6. The van der Waals surface area contributed by atoms with Crippen molar-refractivity contribution in [2.45, 2.75) is 0 Å². The summed E-state index contributed by atoms with van der Waals surface area (Å²) in [5, 5.41) is 22.3. The zero-order chi connectivity index (χ0) is 14.5. The molecule has 0 saturated heterocycles. The number of rotatable bonds is 6. The molecule has 2 N–H and O–H groups in total. The maximum Gasteiger partial charge on any atom is 0.270 e. The van der Waals surface area contributed by atoms with E-state index in [-0.39, 0.29) is 24.0 Å². The van der Waals surface area contributed by atoms with Gasteiger partial charge in [-0.15, -0.1) is 11.8 Å². The van der Waals surface area contributed by atoms with Crippen LogP contribution in [0.25, 0.3) is 10.2 Å². The van der Waals surface area contributed by atoms with Crippen molar-refractivity contribution < 1.29 is 14.8 Å². The highest BCUT2D eigenvalue weighted by molar-refractivity contribution is 7.99. The summed E-state index contributed by atoms with van der Waals surface area (Å²) >= 11 is 2.51. The van der Waals surface area contributed by atoms with Gasteiger partial charge in [0, 0.05) is 17.9 Å². The van der Waals surface area contributed by atoms with E-state index in [1.54, 1.807) is 6.07 Å². The van der Waals surface area contributed by atoms with Crippen LogP contribution in [0.5, 0.6) is 0 Å². The van der Waals surface area contributed by atoms with E-state index in [0.29, 0.717) is 21.1 Å². The number of anilines is 1. The highest BCUT2D eigenvalue weighted by atomic mass is 32.2. The van der Waals surface area contributed by atoms with E-state index >= 15 is 0 Å². The van der Waals surface area contributed by atoms with E-state index in [1.165, 1.54) is 35.2 Å². The van der Waals surface area contributed by atoms with Gasteiger partial charge in [-0.2, -0.15) is 0 Å². The van der Waals surface area contributed by atoms with Crippen LogP contribution in [-0.4, -0.2) is 39.0 Å². The number of aliphatic hydroxyl groups excluding tert-OH is 1. The molecule has 0 bridgehead atoms. The predicted molar refractivity (Wildman–Crippen MR) is 79.3 cm³/mol. The molecule has 2 rings (SSSR count). The smallest absolute Gasteiger partial charge is 0.270 e. The van der Waals surface area contributed by atoms with Crippen LogP contribution in [0.2, 0.25) is 0 Å². The Hall–Kier alpha value is -1.71. The Morgan fingerprint density at radius 1 is 1.55 bits per heavy atom. The summed E-state index contributed by atoms with van der Waals surface area (Å²) in [6.07, 6.45) is 0. The molecule has 0 aliphatic carbocycles. The van der Waals surface area contributed by atoms with Crippen molar-refractivity contribution in [1.29, 1.82) is 0 Å². The summed E-state index contributed by atoms with van der Waals surface area (Å²) in [6.45, 7) is 0.0305. The number of carbonyl (C=O) groups excluding carboxylic acids is 1. The summed E-state index contributed by atoms with van der Waals surface area (Å²) in [5.41, 5.74) is 0.608. The van der Waals surface area contributed by atoms with Gasteiger partial charge < -0.3 is 10.4 Å². The Kier molecular flexibility index (Phi) is 4.88. The fraction of sp³-hybridized carbons (Fsp3) is 0.273. The first kappa shape index (κ1) is 14.7. The summed E-state index contributed by atoms with van der Waals surface area (Å²) in [5.74, 6) is 0.521. The molecule has 0 saturated carbocycles. The highest BCUT2D eigenvalue weighted by Crippen LogP contribution is 2.29. The predicted octanol–water partition coefficient (Wildman–Crippen LogP) is 1.87. The van der Waals surface area contributed by atoms with Gasteiger partial charge in [-0.05, 0) is 6.07 Å². The molecule has 0 radical (unpaired) electrons. The molecule has 0 aliphatic heterocycles. The van der Waals surface area contributed by atoms with E-state index in [4.69, 9.17) is 5.11 Å². The zero-order valence-corrected chi connectivity index (χ0v) is 11.9. The van der Waals surface area contributed by atoms with E-state index in [9.17, 15) is 14.9 Å². The van der Waals surface area contributed by atoms with Crippen molar-refractivity contribution in [3.63, 3.8) is 0 Å². The van der Waals surface area contributed by atoms with Crippen molar-refractivity contribution in [1.82, 2.24) is 4.98 Å². The number of nitrogens with one attached hydrogen (secondary N) is 1. The number of thiazole rings is 1. The lowest BCUT2D eigenvalue weighted by Crippen LogP contribution is -2.14. The van der Waals surface area contributed by atoms with Crippen molar-refractivity contribution in [2.24, 2.45) is 0 Å². The van der Waals surface area contributed by atoms with Crippen molar-refractivity contribution >= 4 is 50.0 Å². The second kappa shape index (κ2) is 6.64. The molecule has 9 heteroatoms. The molecule has 20 heavy (non-hydrogen) atoms. The van der Waals surface area contributed by atoms with Crippen molar-refractivity contribution in [3.05, 3.63) is 28.3 Å². The number of thioether (sulfide) groups is 1. The van der Waals surface area contributed by atoms with Gasteiger partial charge in [-0.25, -0.2) is 4.98 Å². The lowest BCUT2D eigenvalue weighted by atomic mass is 10.3. The number of fused-ring (bicyclic) bond motifs is 1. The summed E-state index contributed by atoms with van der Waals surface area (Å²) in [7, 11) is 0. The lowest BCUT2D eigenvalue weighted by molar-refractivity contribution is -0.384. The van der Waals surface area contributed by atoms with Crippen molar-refractivity contribution in [2.75, 3.05) is 23.4 Å². The lowest BCUT2D eigenvalue weighted by Gasteiger charge is -1.99. The maximum absolute atomic E-state index is 11.6. The third-order valence-corrected chi connectivity index (χ3v) is 4.17. The van der Waals surface area contributed by atoms with E-state index in [0.717, 1.165) is 0 Å². The molecule has 7 nitrogen and oxygen atoms in total. The topological polar surface area (TPSA) is 105 Å². The van der Waals surface area contributed by atoms with Crippen LogP contribution in [0.3, 0.4) is 0 Å². The summed E-state index contributed by atoms with van der Waals surface area (Å²) in [4.78, 5) is 26.0. The third kappa shape index (κ3) is 3.65. The summed E-state index contributed by atoms with van der Waals surface area (Å²) in [6, 6.07) is 4.37. The third-order valence-electron chi connectivity index (χ3n) is 2.30. The van der Waals surface area contributed by atoms with Gasteiger partial charge in [0.15, 0.2) is 5.13 Å². The monoisotopic (exact) mass is 313 g/mol. The molecule has 1 aromatic heterocycles. The number of hydrogen-bond acceptors (Lipinski definition) is 7. The number of nitro groups is 1. The van der Waals surface area contributed by atoms with Gasteiger partial charge in [0.05, 0.1) is 27.5 Å². The fourth-order valence-corrected chi connectivity index (χ4v) is 2.91. The quantitative estimate of drug-likeness (QED) is 0.479. The number of carbonyl (C=O) groups is 1. The summed E-state index contributed by atoms with van der Waals surface area (Å²) < 4.78 is 0.650. The molecule has 0 spiro atoms. The molecule has 0 aliphatic rings. The second-order valence-electron chi connectivity index (χ2n) is 3.75. The van der Waals surface area contributed by atoms with Gasteiger partial charge >= 0.3 is 0 Å². The Labute approximate surface area is 122 Å². The molecule has 2 aromatic rings. The molecule has 0 unspecified atom stereocenters. The molecule has 1 heterocycles. The Morgan fingerprint density at radius 3 is 3.05 bits per heavy atom. The minimum Gasteiger partial charge on any atom is -0.396 e. The minimum atomic E-state index is -0.469. The van der Waals surface area contributed by atoms with Crippen LogP contribution >= 0.6 is 23.1 Å². The van der Waals surface area contributed by atoms with Gasteiger partial charge in [0.25, 0.3) is 5.69 Å². The average molecular weight is 313 g/mol. The number of nitro benzene ring substituents is 1. The first-order valence-electron chi connectivity index (χ1n) is 5.63. The Morgan fingerprint density at radius 2 is 2.35 bits per heavy atom. The van der Waals surface area contributed by atoms with Crippen LogP contribution in [0.1, 0.15) is 0 Å². The van der Waals surface area contributed by atoms with Crippen LogP contribution in [0, 0.1) is 10.1 Å². The van der Waals surface area contributed by atoms with Crippen LogP contribution in [0.4, 0.5) is 10.8 Å². The van der Waals surface area contributed by atoms with Gasteiger partial charge in [-0.1, -0.05) is 11.3 Å². The highest BCUT2D eigenvalue weighted by Gasteiger charge is 2.11. The largest absolute Gasteiger partial charge is 0.396 e. The minimum absolute atomic E-state index is 0.00229. The van der Waals surface area contributed by atoms with Crippen LogP contribution in [0.15, 0.2) is 18.2 Å². The second-order valence-corrected chi connectivity index (χ2v) is 5.89. The number of aliphatic hydroxyl groups is 1. The zero-order valence-electron chi connectivity index (χ0n) is 10.2. The number of aromatic nitrogens is 1. The molecular formula is C11H11N3O4S2. The molecular weight excluding hydrogens is 302 g/mol. The average Bonchev–Trinajstić information content (AvgIpc) is 2.79. The normalized spacial score (nSPS) is 10.7. The molecule has 1 aromatic carbocycles. The van der Waals surface area contributed by atoms with Crippen LogP contribution in [-0.2, 0) is 4.79 Å². The first-order valence-corrected chi connectivity index (χ1v) is 7.60. The number of amides is 1. The Bertz CT molecular complexity index is 644. The SMILES string of the molecule is O=C(CSCCO)Nc1nc2ccc([N+](=O)[O-])cc2s1. The van der Waals surface area contributed by atoms with E-state index in [1.807, 2.05) is 0 Å². The van der Waals surface area contributed by atoms with Gasteiger partial charge in [0.1, 0.15) is 0 Å². The molecule has 0 atom stereocenters. The number of benzene rings is 1. The molecule has 106 valence electrons. The number of nitrogens with zero attached hydrogens (tertiary/aromatic N) is 2. The number of hydrogen-bond donors (Lipinski definition) is 2. The van der Waals surface area contributed by atoms with Gasteiger partial charge in [-0.3, -0.25) is 14.9 Å². The first-order chi connectivity index (χ1) is 9.60. The van der Waals surface area contributed by atoms with E-state index in [2.05, 4.69) is 10.3 Å². The molecule has 0 fully saturated rings. The Balaban J connectivity index is 2.08. The molecule has 1 amide bonds. The standard InChI is InChI=1S/C11H11N3O4S2/c15-3-4-19-6-10(16)13-11-12-8-2-1-7(14(17)18)5-9(8)20-11/h1-2,5,15H,3-4,6H2,(H,12,13,16). The fourth-order valence-electron chi connectivity index (χ4n) is 1.47. The van der Waals surface area contributed by atoms with E-state index < -0.39 is 4.92 Å². The van der Waals surface area contributed by atoms with Crippen LogP contribution < -0.4 is 5.32 Å². The van der Waals surface area contributed by atoms with Crippen molar-refractivity contribution in [3.8, 4) is 0 Å². The number of non-ortho nitro benzene ring substituents is 1. The van der Waals surface area contributed by atoms with Gasteiger partial charge in [0.2, 0.25) is 5.91 Å².